The molecule has 0 saturated heterocycles. The molecule has 2 aromatic carbocycles. The second kappa shape index (κ2) is 9.82. The van der Waals surface area contributed by atoms with Crippen LogP contribution in [0.4, 0.5) is 23.7 Å². The number of amides is 3. The number of nitrogens with one attached hydrogen (secondary N) is 3. The minimum Gasteiger partial charge on any atom is -0.496 e. The molecule has 0 aliphatic carbocycles. The highest BCUT2D eigenvalue weighted by atomic mass is 32.1. The Morgan fingerprint density at radius 2 is 1.75 bits per heavy atom. The van der Waals surface area contributed by atoms with Gasteiger partial charge in [0.05, 0.1) is 28.8 Å². The Balaban J connectivity index is 1.51. The summed E-state index contributed by atoms with van der Waals surface area (Å²) in [5, 5.41) is 2.97. The molecule has 0 aliphatic rings. The largest absolute Gasteiger partial charge is 0.496 e. The molecule has 0 saturated carbocycles. The Labute approximate surface area is 207 Å². The van der Waals surface area contributed by atoms with Gasteiger partial charge in [0, 0.05) is 11.1 Å². The molecule has 4 aromatic rings. The van der Waals surface area contributed by atoms with Crippen molar-refractivity contribution in [1.82, 2.24) is 20.8 Å². The number of hydrazine groups is 1. The van der Waals surface area contributed by atoms with Crippen LogP contribution in [0.25, 0.3) is 21.6 Å². The van der Waals surface area contributed by atoms with E-state index in [0.717, 1.165) is 28.9 Å². The Hall–Kier alpha value is -4.19. The summed E-state index contributed by atoms with van der Waals surface area (Å²) < 4.78 is 44.0. The van der Waals surface area contributed by atoms with Crippen molar-refractivity contribution in [2.75, 3.05) is 12.4 Å². The van der Waals surface area contributed by atoms with Gasteiger partial charge in [0.25, 0.3) is 5.91 Å². The number of thiophene rings is 1. The molecule has 12 heteroatoms. The lowest BCUT2D eigenvalue weighted by Crippen LogP contribution is -2.43. The summed E-state index contributed by atoms with van der Waals surface area (Å²) in [4.78, 5) is 35.0. The molecular formula is C24H20F3N5O3S. The number of hydrogen-bond donors (Lipinski definition) is 3. The van der Waals surface area contributed by atoms with Gasteiger partial charge < -0.3 is 10.1 Å². The molecule has 0 atom stereocenters. The number of fused-ring (bicyclic) bond motifs is 1. The number of hydrogen-bond acceptors (Lipinski definition) is 6. The van der Waals surface area contributed by atoms with Crippen molar-refractivity contribution >= 4 is 39.2 Å². The molecule has 0 aliphatic heterocycles. The smallest absolute Gasteiger partial charge is 0.416 e. The summed E-state index contributed by atoms with van der Waals surface area (Å²) in [6.07, 6.45) is -4.55. The Kier molecular flexibility index (Phi) is 6.80. The summed E-state index contributed by atoms with van der Waals surface area (Å²) in [6, 6.07) is 10.5. The van der Waals surface area contributed by atoms with Gasteiger partial charge in [0.2, 0.25) is 0 Å². The number of carbonyl (C=O) groups is 2. The highest BCUT2D eigenvalue weighted by Crippen LogP contribution is 2.35. The molecule has 186 valence electrons. The van der Waals surface area contributed by atoms with E-state index < -0.39 is 23.7 Å². The van der Waals surface area contributed by atoms with E-state index in [9.17, 15) is 22.8 Å². The first-order valence-electron chi connectivity index (χ1n) is 10.5. The van der Waals surface area contributed by atoms with E-state index in [1.807, 2.05) is 25.1 Å². The van der Waals surface area contributed by atoms with Crippen molar-refractivity contribution in [3.63, 3.8) is 0 Å². The number of rotatable bonds is 4. The molecule has 2 heterocycles. The average Bonchev–Trinajstić information content (AvgIpc) is 3.19. The normalized spacial score (nSPS) is 11.3. The molecule has 36 heavy (non-hydrogen) atoms. The molecule has 0 fully saturated rings. The third-order valence-corrected chi connectivity index (χ3v) is 6.45. The van der Waals surface area contributed by atoms with Crippen molar-refractivity contribution in [2.45, 2.75) is 20.0 Å². The zero-order chi connectivity index (χ0) is 26.0. The van der Waals surface area contributed by atoms with Gasteiger partial charge >= 0.3 is 12.2 Å². The SMILES string of the molecule is COc1ccccc1-c1nc(C)c2c(C)c(C(=O)NNC(=O)Nc3cccc(C(F)(F)F)c3)sc2n1. The topological polar surface area (TPSA) is 105 Å². The fourth-order valence-corrected chi connectivity index (χ4v) is 4.74. The van der Waals surface area contributed by atoms with Gasteiger partial charge in [-0.1, -0.05) is 18.2 Å². The average molecular weight is 516 g/mol. The lowest BCUT2D eigenvalue weighted by molar-refractivity contribution is -0.137. The number of ether oxygens (including phenoxy) is 1. The van der Waals surface area contributed by atoms with Crippen LogP contribution in [0.5, 0.6) is 5.75 Å². The first-order chi connectivity index (χ1) is 17.1. The van der Waals surface area contributed by atoms with Gasteiger partial charge in [-0.05, 0) is 49.7 Å². The van der Waals surface area contributed by atoms with E-state index in [0.29, 0.717) is 38.1 Å². The maximum atomic E-state index is 12.9. The number of anilines is 1. The van der Waals surface area contributed by atoms with E-state index in [1.54, 1.807) is 20.1 Å². The van der Waals surface area contributed by atoms with Crippen molar-refractivity contribution < 1.29 is 27.5 Å². The van der Waals surface area contributed by atoms with Crippen LogP contribution >= 0.6 is 11.3 Å². The number of para-hydroxylation sites is 1. The van der Waals surface area contributed by atoms with Crippen LogP contribution in [0.1, 0.15) is 26.5 Å². The van der Waals surface area contributed by atoms with Gasteiger partial charge in [-0.3, -0.25) is 10.2 Å². The van der Waals surface area contributed by atoms with Gasteiger partial charge in [0.15, 0.2) is 5.82 Å². The Morgan fingerprint density at radius 1 is 1.00 bits per heavy atom. The quantitative estimate of drug-likeness (QED) is 0.313. The van der Waals surface area contributed by atoms with E-state index >= 15 is 0 Å². The van der Waals surface area contributed by atoms with Crippen LogP contribution in [0.15, 0.2) is 48.5 Å². The van der Waals surface area contributed by atoms with E-state index in [-0.39, 0.29) is 5.69 Å². The number of carbonyl (C=O) groups excluding carboxylic acids is 2. The molecule has 0 bridgehead atoms. The molecule has 0 spiro atoms. The fourth-order valence-electron chi connectivity index (χ4n) is 3.61. The first-order valence-corrected chi connectivity index (χ1v) is 11.4. The third-order valence-electron chi connectivity index (χ3n) is 5.26. The summed E-state index contributed by atoms with van der Waals surface area (Å²) in [5.41, 5.74) is 5.44. The van der Waals surface area contributed by atoms with Crippen LogP contribution in [0, 0.1) is 13.8 Å². The van der Waals surface area contributed by atoms with Crippen LogP contribution in [0.3, 0.4) is 0 Å². The zero-order valence-electron chi connectivity index (χ0n) is 19.3. The fraction of sp³-hybridized carbons (Fsp3) is 0.167. The van der Waals surface area contributed by atoms with Gasteiger partial charge in [-0.15, -0.1) is 11.3 Å². The van der Waals surface area contributed by atoms with Gasteiger partial charge in [0.1, 0.15) is 10.6 Å². The molecular weight excluding hydrogens is 495 g/mol. The highest BCUT2D eigenvalue weighted by molar-refractivity contribution is 7.20. The third kappa shape index (κ3) is 5.08. The van der Waals surface area contributed by atoms with Gasteiger partial charge in [-0.25, -0.2) is 20.2 Å². The summed E-state index contributed by atoms with van der Waals surface area (Å²) in [7, 11) is 1.55. The number of alkyl halides is 3. The predicted octanol–water partition coefficient (Wildman–Crippen LogP) is 5.47. The summed E-state index contributed by atoms with van der Waals surface area (Å²) in [5.74, 6) is 0.454. The number of halogens is 3. The highest BCUT2D eigenvalue weighted by Gasteiger charge is 2.30. The molecule has 8 nitrogen and oxygen atoms in total. The minimum absolute atomic E-state index is 0.0793. The van der Waals surface area contributed by atoms with Gasteiger partial charge in [-0.2, -0.15) is 13.2 Å². The van der Waals surface area contributed by atoms with Crippen molar-refractivity contribution in [3.8, 4) is 17.1 Å². The molecule has 2 aromatic heterocycles. The molecule has 4 rings (SSSR count). The standard InChI is InChI=1S/C24H20F3N5O3S/c1-12-18-13(2)28-20(16-9-4-5-10-17(16)35-3)30-22(18)36-19(12)21(33)31-32-23(34)29-15-8-6-7-14(11-15)24(25,26)27/h4-11H,1-3H3,(H,31,33)(H2,29,32,34). The van der Waals surface area contributed by atoms with Crippen LogP contribution in [-0.2, 0) is 6.18 Å². The summed E-state index contributed by atoms with van der Waals surface area (Å²) >= 11 is 1.13. The number of nitrogens with zero attached hydrogens (tertiary/aromatic N) is 2. The maximum Gasteiger partial charge on any atom is 0.416 e. The molecule has 0 radical (unpaired) electrons. The minimum atomic E-state index is -4.55. The van der Waals surface area contributed by atoms with E-state index in [4.69, 9.17) is 4.74 Å². The number of benzene rings is 2. The van der Waals surface area contributed by atoms with Crippen molar-refractivity contribution in [1.29, 1.82) is 0 Å². The molecule has 0 unspecified atom stereocenters. The Bertz CT molecular complexity index is 1470. The first kappa shape index (κ1) is 24.9. The van der Waals surface area contributed by atoms with Crippen LogP contribution in [0.2, 0.25) is 0 Å². The lowest BCUT2D eigenvalue weighted by atomic mass is 10.1. The van der Waals surface area contributed by atoms with Crippen LogP contribution in [-0.4, -0.2) is 29.0 Å². The number of aromatic nitrogens is 2. The zero-order valence-corrected chi connectivity index (χ0v) is 20.1. The Morgan fingerprint density at radius 3 is 2.47 bits per heavy atom. The van der Waals surface area contributed by atoms with Crippen molar-refractivity contribution in [2.24, 2.45) is 0 Å². The monoisotopic (exact) mass is 515 g/mol. The lowest BCUT2D eigenvalue weighted by Gasteiger charge is -2.11. The number of urea groups is 1. The second-order valence-corrected chi connectivity index (χ2v) is 8.68. The predicted molar refractivity (Wildman–Crippen MR) is 130 cm³/mol. The molecule has 3 N–H and O–H groups in total. The van der Waals surface area contributed by atoms with Crippen molar-refractivity contribution in [3.05, 3.63) is 70.2 Å². The number of aryl methyl sites for hydroxylation is 2. The maximum absolute atomic E-state index is 12.9. The van der Waals surface area contributed by atoms with E-state index in [2.05, 4.69) is 26.1 Å². The van der Waals surface area contributed by atoms with E-state index in [1.165, 1.54) is 12.1 Å². The van der Waals surface area contributed by atoms with Crippen LogP contribution < -0.4 is 20.9 Å². The summed E-state index contributed by atoms with van der Waals surface area (Å²) in [6.45, 7) is 3.56. The molecule has 3 amide bonds. The number of methoxy groups -OCH3 is 1. The second-order valence-electron chi connectivity index (χ2n) is 7.68.